The quantitative estimate of drug-likeness (QED) is 0.270. The molecule has 0 N–H and O–H groups in total. The zero-order chi connectivity index (χ0) is 22.1. The third-order valence-corrected chi connectivity index (χ3v) is 4.32. The number of carbonyl (C=O) groups is 2. The highest BCUT2D eigenvalue weighted by molar-refractivity contribution is 6.32. The van der Waals surface area contributed by atoms with Crippen molar-refractivity contribution in [2.24, 2.45) is 0 Å². The largest absolute Gasteiger partial charge is 0.449 e. The number of carbonyl (C=O) groups excluding carboxylic acids is 2. The van der Waals surface area contributed by atoms with Crippen LogP contribution in [0.1, 0.15) is 18.9 Å². The first-order valence-corrected chi connectivity index (χ1v) is 9.27. The maximum Gasteiger partial charge on any atom is 0.331 e. The molecule has 0 bridgehead atoms. The Morgan fingerprint density at radius 1 is 1.30 bits per heavy atom. The van der Waals surface area contributed by atoms with Gasteiger partial charge in [-0.1, -0.05) is 35.9 Å². The number of nitro groups is 1. The van der Waals surface area contributed by atoms with Crippen molar-refractivity contribution in [1.29, 1.82) is 5.26 Å². The Labute approximate surface area is 178 Å². The van der Waals surface area contributed by atoms with E-state index < -0.39 is 22.9 Å². The Balaban J connectivity index is 2.07. The number of nitriles is 1. The summed E-state index contributed by atoms with van der Waals surface area (Å²) in [6.07, 6.45) is 1.42. The predicted molar refractivity (Wildman–Crippen MR) is 112 cm³/mol. The molecule has 30 heavy (non-hydrogen) atoms. The van der Waals surface area contributed by atoms with Crippen LogP contribution < -0.4 is 4.90 Å². The van der Waals surface area contributed by atoms with E-state index in [1.807, 2.05) is 6.07 Å². The van der Waals surface area contributed by atoms with Crippen LogP contribution in [0.25, 0.3) is 6.08 Å². The second-order valence-corrected chi connectivity index (χ2v) is 6.52. The van der Waals surface area contributed by atoms with E-state index in [1.54, 1.807) is 30.3 Å². The van der Waals surface area contributed by atoms with Crippen LogP contribution in [0.15, 0.2) is 54.6 Å². The van der Waals surface area contributed by atoms with E-state index in [0.717, 1.165) is 6.08 Å². The van der Waals surface area contributed by atoms with E-state index in [1.165, 1.54) is 36.1 Å². The number of para-hydroxylation sites is 1. The maximum absolute atomic E-state index is 12.7. The van der Waals surface area contributed by atoms with Crippen LogP contribution in [0.2, 0.25) is 5.02 Å². The van der Waals surface area contributed by atoms with Gasteiger partial charge in [0.15, 0.2) is 6.10 Å². The molecule has 0 radical (unpaired) electrons. The SMILES string of the molecule is CC(OC(=O)/C=C/c1ccc(Cl)c([N+](=O)[O-])c1)C(=O)N(CCC#N)c1ccccc1. The van der Waals surface area contributed by atoms with Crippen LogP contribution in [-0.4, -0.2) is 29.4 Å². The minimum absolute atomic E-state index is 0.0164. The molecule has 154 valence electrons. The topological polar surface area (TPSA) is 114 Å². The van der Waals surface area contributed by atoms with Crippen LogP contribution in [0.3, 0.4) is 0 Å². The molecule has 1 amide bonds. The monoisotopic (exact) mass is 427 g/mol. The van der Waals surface area contributed by atoms with E-state index in [4.69, 9.17) is 21.6 Å². The Kier molecular flexibility index (Phi) is 8.08. The number of hydrogen-bond acceptors (Lipinski definition) is 6. The number of nitrogens with zero attached hydrogens (tertiary/aromatic N) is 3. The molecule has 0 aromatic heterocycles. The molecule has 0 saturated heterocycles. The highest BCUT2D eigenvalue weighted by Crippen LogP contribution is 2.25. The molecule has 2 aromatic rings. The Hall–Kier alpha value is -3.70. The number of rotatable bonds is 8. The first-order valence-electron chi connectivity index (χ1n) is 8.89. The maximum atomic E-state index is 12.7. The normalized spacial score (nSPS) is 11.5. The summed E-state index contributed by atoms with van der Waals surface area (Å²) in [6, 6.07) is 14.8. The molecule has 1 atom stereocenters. The lowest BCUT2D eigenvalue weighted by molar-refractivity contribution is -0.384. The predicted octanol–water partition coefficient (Wildman–Crippen LogP) is 4.14. The average Bonchev–Trinajstić information content (AvgIpc) is 2.73. The summed E-state index contributed by atoms with van der Waals surface area (Å²) < 4.78 is 5.16. The zero-order valence-corrected chi connectivity index (χ0v) is 16.8. The molecule has 0 heterocycles. The lowest BCUT2D eigenvalue weighted by atomic mass is 10.2. The fraction of sp³-hybridized carbons (Fsp3) is 0.190. The summed E-state index contributed by atoms with van der Waals surface area (Å²) in [4.78, 5) is 36.5. The number of hydrogen-bond donors (Lipinski definition) is 0. The van der Waals surface area contributed by atoms with E-state index in [9.17, 15) is 19.7 Å². The smallest absolute Gasteiger partial charge is 0.331 e. The summed E-state index contributed by atoms with van der Waals surface area (Å²) in [5.74, 6) is -1.26. The van der Waals surface area contributed by atoms with Gasteiger partial charge in [0, 0.05) is 24.4 Å². The summed E-state index contributed by atoms with van der Waals surface area (Å²) in [6.45, 7) is 1.59. The molecule has 2 aromatic carbocycles. The highest BCUT2D eigenvalue weighted by Gasteiger charge is 2.24. The molecule has 2 rings (SSSR count). The summed E-state index contributed by atoms with van der Waals surface area (Å²) >= 11 is 5.75. The van der Waals surface area contributed by atoms with Crippen molar-refractivity contribution in [3.63, 3.8) is 0 Å². The van der Waals surface area contributed by atoms with Gasteiger partial charge in [-0.25, -0.2) is 4.79 Å². The molecule has 0 aliphatic carbocycles. The molecule has 0 spiro atoms. The van der Waals surface area contributed by atoms with Crippen molar-refractivity contribution < 1.29 is 19.2 Å². The Morgan fingerprint density at radius 3 is 2.63 bits per heavy atom. The van der Waals surface area contributed by atoms with Gasteiger partial charge in [-0.05, 0) is 36.8 Å². The standard InChI is InChI=1S/C21H18ClN3O5/c1-15(21(27)24(13-5-12-23)17-6-3-2-4-7-17)30-20(26)11-9-16-8-10-18(22)19(14-16)25(28)29/h2-4,6-11,14-15H,5,13H2,1H3/b11-9+. The molecule has 0 aliphatic heterocycles. The molecule has 1 unspecified atom stereocenters. The number of esters is 1. The number of ether oxygens (including phenoxy) is 1. The van der Waals surface area contributed by atoms with Gasteiger partial charge >= 0.3 is 5.97 Å². The van der Waals surface area contributed by atoms with Gasteiger partial charge in [-0.3, -0.25) is 14.9 Å². The summed E-state index contributed by atoms with van der Waals surface area (Å²) in [5.41, 5.74) is 0.679. The Morgan fingerprint density at radius 2 is 2.00 bits per heavy atom. The number of anilines is 1. The van der Waals surface area contributed by atoms with Crippen LogP contribution in [0.4, 0.5) is 11.4 Å². The van der Waals surface area contributed by atoms with Crippen LogP contribution in [0, 0.1) is 21.4 Å². The number of halogens is 1. The molecule has 8 nitrogen and oxygen atoms in total. The summed E-state index contributed by atoms with van der Waals surface area (Å²) in [5, 5.41) is 19.8. The Bertz CT molecular complexity index is 1000. The van der Waals surface area contributed by atoms with Crippen molar-refractivity contribution >= 4 is 40.9 Å². The fourth-order valence-corrected chi connectivity index (χ4v) is 2.74. The molecule has 0 fully saturated rings. The van der Waals surface area contributed by atoms with Crippen molar-refractivity contribution in [2.75, 3.05) is 11.4 Å². The fourth-order valence-electron chi connectivity index (χ4n) is 2.56. The first kappa shape index (κ1) is 22.6. The third kappa shape index (κ3) is 6.15. The molecule has 0 saturated carbocycles. The van der Waals surface area contributed by atoms with Gasteiger partial charge in [0.05, 0.1) is 17.4 Å². The van der Waals surface area contributed by atoms with Crippen molar-refractivity contribution in [2.45, 2.75) is 19.4 Å². The van der Waals surface area contributed by atoms with Crippen LogP contribution >= 0.6 is 11.6 Å². The van der Waals surface area contributed by atoms with E-state index >= 15 is 0 Å². The van der Waals surface area contributed by atoms with Gasteiger partial charge < -0.3 is 9.64 Å². The minimum Gasteiger partial charge on any atom is -0.449 e. The minimum atomic E-state index is -1.10. The van der Waals surface area contributed by atoms with Crippen LogP contribution in [-0.2, 0) is 14.3 Å². The lowest BCUT2D eigenvalue weighted by Crippen LogP contribution is -2.40. The zero-order valence-electron chi connectivity index (χ0n) is 16.0. The number of benzene rings is 2. The second-order valence-electron chi connectivity index (χ2n) is 6.11. The van der Waals surface area contributed by atoms with Crippen molar-refractivity contribution in [3.05, 3.63) is 75.3 Å². The van der Waals surface area contributed by atoms with E-state index in [0.29, 0.717) is 11.3 Å². The first-order chi connectivity index (χ1) is 14.3. The summed E-state index contributed by atoms with van der Waals surface area (Å²) in [7, 11) is 0. The van der Waals surface area contributed by atoms with Gasteiger partial charge in [-0.2, -0.15) is 5.26 Å². The van der Waals surface area contributed by atoms with Crippen molar-refractivity contribution in [1.82, 2.24) is 0 Å². The van der Waals surface area contributed by atoms with Crippen molar-refractivity contribution in [3.8, 4) is 6.07 Å². The van der Waals surface area contributed by atoms with E-state index in [2.05, 4.69) is 0 Å². The second kappa shape index (κ2) is 10.7. The average molecular weight is 428 g/mol. The third-order valence-electron chi connectivity index (χ3n) is 4.00. The molecular formula is C21H18ClN3O5. The van der Waals surface area contributed by atoms with Gasteiger partial charge in [0.2, 0.25) is 0 Å². The van der Waals surface area contributed by atoms with Gasteiger partial charge in [-0.15, -0.1) is 0 Å². The lowest BCUT2D eigenvalue weighted by Gasteiger charge is -2.24. The number of nitro benzene ring substituents is 1. The van der Waals surface area contributed by atoms with E-state index in [-0.39, 0.29) is 23.7 Å². The van der Waals surface area contributed by atoms with Gasteiger partial charge in [0.1, 0.15) is 5.02 Å². The van der Waals surface area contributed by atoms with Crippen LogP contribution in [0.5, 0.6) is 0 Å². The number of amides is 1. The molecule has 9 heteroatoms. The molecule has 0 aliphatic rings. The van der Waals surface area contributed by atoms with Gasteiger partial charge in [0.25, 0.3) is 11.6 Å². The highest BCUT2D eigenvalue weighted by atomic mass is 35.5. The molecular weight excluding hydrogens is 410 g/mol.